The first-order valence-electron chi connectivity index (χ1n) is 8.87. The van der Waals surface area contributed by atoms with Gasteiger partial charge in [-0.05, 0) is 44.2 Å². The largest absolute Gasteiger partial charge is 0.391 e. The van der Waals surface area contributed by atoms with Crippen molar-refractivity contribution in [3.05, 3.63) is 60.4 Å². The summed E-state index contributed by atoms with van der Waals surface area (Å²) in [6, 6.07) is 8.40. The number of aliphatic hydroxyl groups is 1. The number of fused-ring (bicyclic) bond motifs is 1. The van der Waals surface area contributed by atoms with Gasteiger partial charge in [-0.15, -0.1) is 0 Å². The van der Waals surface area contributed by atoms with E-state index in [1.807, 2.05) is 6.07 Å². The molecule has 0 fully saturated rings. The first kappa shape index (κ1) is 18.0. The van der Waals surface area contributed by atoms with Gasteiger partial charge in [0.15, 0.2) is 5.82 Å². The number of aromatic nitrogens is 5. The van der Waals surface area contributed by atoms with E-state index in [1.54, 1.807) is 55.3 Å². The Balaban J connectivity index is 1.81. The van der Waals surface area contributed by atoms with Gasteiger partial charge < -0.3 is 10.4 Å². The smallest absolute Gasteiger partial charge is 0.151 e. The summed E-state index contributed by atoms with van der Waals surface area (Å²) < 4.78 is 16.1. The standard InChI is InChI=1S/C20H19FN6O/c1-12-5-6-14(21)18(25-12)19-15(4-3-8-23-19)26-16-7-9-22-17-10-24-27(20(16)17)11-13(2)28/h3-10,13,28H,11H2,1-2H3,(H,22,26)/t13-/m1/s1. The molecule has 0 aliphatic rings. The highest BCUT2D eigenvalue weighted by Gasteiger charge is 2.16. The molecule has 0 amide bonds. The van der Waals surface area contributed by atoms with Gasteiger partial charge in [0.25, 0.3) is 0 Å². The molecular weight excluding hydrogens is 359 g/mol. The molecule has 0 bridgehead atoms. The Morgan fingerprint density at radius 1 is 1.11 bits per heavy atom. The van der Waals surface area contributed by atoms with Crippen molar-refractivity contribution in [3.8, 4) is 11.4 Å². The number of halogens is 1. The molecule has 4 heterocycles. The second-order valence-electron chi connectivity index (χ2n) is 6.58. The average molecular weight is 378 g/mol. The number of pyridine rings is 3. The van der Waals surface area contributed by atoms with Crippen LogP contribution in [0.2, 0.25) is 0 Å². The summed E-state index contributed by atoms with van der Waals surface area (Å²) in [6.07, 6.45) is 4.36. The third-order valence-corrected chi connectivity index (χ3v) is 4.25. The summed E-state index contributed by atoms with van der Waals surface area (Å²) in [5.74, 6) is -0.439. The van der Waals surface area contributed by atoms with Crippen LogP contribution in [0.4, 0.5) is 15.8 Å². The Morgan fingerprint density at radius 2 is 1.96 bits per heavy atom. The van der Waals surface area contributed by atoms with Crippen molar-refractivity contribution in [2.75, 3.05) is 5.32 Å². The molecule has 0 unspecified atom stereocenters. The molecule has 4 aromatic rings. The van der Waals surface area contributed by atoms with Gasteiger partial charge >= 0.3 is 0 Å². The van der Waals surface area contributed by atoms with Crippen LogP contribution >= 0.6 is 0 Å². The number of rotatable bonds is 5. The van der Waals surface area contributed by atoms with E-state index in [0.29, 0.717) is 29.1 Å². The summed E-state index contributed by atoms with van der Waals surface area (Å²) in [6.45, 7) is 3.83. The second-order valence-corrected chi connectivity index (χ2v) is 6.58. The lowest BCUT2D eigenvalue weighted by atomic mass is 10.2. The Labute approximate surface area is 160 Å². The van der Waals surface area contributed by atoms with E-state index in [-0.39, 0.29) is 5.69 Å². The maximum Gasteiger partial charge on any atom is 0.151 e. The topological polar surface area (TPSA) is 88.8 Å². The molecule has 0 saturated carbocycles. The van der Waals surface area contributed by atoms with Crippen molar-refractivity contribution in [3.63, 3.8) is 0 Å². The van der Waals surface area contributed by atoms with E-state index in [2.05, 4.69) is 25.4 Å². The van der Waals surface area contributed by atoms with E-state index < -0.39 is 11.9 Å². The molecule has 0 aliphatic heterocycles. The first-order valence-corrected chi connectivity index (χ1v) is 8.87. The molecule has 142 valence electrons. The van der Waals surface area contributed by atoms with Crippen LogP contribution in [0.25, 0.3) is 22.4 Å². The first-order chi connectivity index (χ1) is 13.5. The summed E-state index contributed by atoms with van der Waals surface area (Å²) in [4.78, 5) is 13.0. The van der Waals surface area contributed by atoms with Crippen molar-refractivity contribution in [1.29, 1.82) is 0 Å². The number of nitrogens with zero attached hydrogens (tertiary/aromatic N) is 5. The van der Waals surface area contributed by atoms with Crippen molar-refractivity contribution in [2.45, 2.75) is 26.5 Å². The maximum absolute atomic E-state index is 14.4. The Hall–Kier alpha value is -3.39. The maximum atomic E-state index is 14.4. The zero-order valence-electron chi connectivity index (χ0n) is 15.5. The fourth-order valence-electron chi connectivity index (χ4n) is 3.05. The van der Waals surface area contributed by atoms with Gasteiger partial charge in [0, 0.05) is 18.1 Å². The fourth-order valence-corrected chi connectivity index (χ4v) is 3.05. The Bertz CT molecular complexity index is 1140. The van der Waals surface area contributed by atoms with E-state index in [4.69, 9.17) is 0 Å². The van der Waals surface area contributed by atoms with Crippen LogP contribution in [0, 0.1) is 12.7 Å². The van der Waals surface area contributed by atoms with E-state index in [0.717, 1.165) is 11.2 Å². The third-order valence-electron chi connectivity index (χ3n) is 4.25. The van der Waals surface area contributed by atoms with Gasteiger partial charge in [0.2, 0.25) is 0 Å². The molecule has 0 spiro atoms. The minimum absolute atomic E-state index is 0.186. The van der Waals surface area contributed by atoms with Crippen LogP contribution in [0.1, 0.15) is 12.6 Å². The van der Waals surface area contributed by atoms with Crippen LogP contribution in [0.15, 0.2) is 48.9 Å². The van der Waals surface area contributed by atoms with Crippen LogP contribution in [-0.4, -0.2) is 35.9 Å². The van der Waals surface area contributed by atoms with Crippen molar-refractivity contribution in [2.24, 2.45) is 0 Å². The van der Waals surface area contributed by atoms with Crippen molar-refractivity contribution >= 4 is 22.4 Å². The minimum Gasteiger partial charge on any atom is -0.391 e. The lowest BCUT2D eigenvalue weighted by Crippen LogP contribution is -2.13. The van der Waals surface area contributed by atoms with Crippen LogP contribution in [0.5, 0.6) is 0 Å². The van der Waals surface area contributed by atoms with E-state index in [9.17, 15) is 9.50 Å². The van der Waals surface area contributed by atoms with Crippen molar-refractivity contribution < 1.29 is 9.50 Å². The highest BCUT2D eigenvalue weighted by molar-refractivity contribution is 5.91. The molecule has 0 saturated heterocycles. The zero-order valence-corrected chi connectivity index (χ0v) is 15.5. The molecule has 28 heavy (non-hydrogen) atoms. The molecule has 7 nitrogen and oxygen atoms in total. The van der Waals surface area contributed by atoms with Gasteiger partial charge in [0.05, 0.1) is 30.2 Å². The Morgan fingerprint density at radius 3 is 2.79 bits per heavy atom. The van der Waals surface area contributed by atoms with Gasteiger partial charge in [-0.25, -0.2) is 9.37 Å². The monoisotopic (exact) mass is 378 g/mol. The highest BCUT2D eigenvalue weighted by atomic mass is 19.1. The summed E-state index contributed by atoms with van der Waals surface area (Å²) in [5.41, 5.74) is 4.07. The van der Waals surface area contributed by atoms with Crippen LogP contribution in [-0.2, 0) is 6.54 Å². The average Bonchev–Trinajstić information content (AvgIpc) is 3.07. The minimum atomic E-state index is -0.560. The summed E-state index contributed by atoms with van der Waals surface area (Å²) in [7, 11) is 0. The van der Waals surface area contributed by atoms with E-state index >= 15 is 0 Å². The predicted molar refractivity (Wildman–Crippen MR) is 105 cm³/mol. The lowest BCUT2D eigenvalue weighted by Gasteiger charge is -2.14. The zero-order chi connectivity index (χ0) is 19.7. The highest BCUT2D eigenvalue weighted by Crippen LogP contribution is 2.31. The van der Waals surface area contributed by atoms with E-state index in [1.165, 1.54) is 6.07 Å². The summed E-state index contributed by atoms with van der Waals surface area (Å²) in [5, 5.41) is 17.4. The number of hydrogen-bond acceptors (Lipinski definition) is 6. The predicted octanol–water partition coefficient (Wildman–Crippen LogP) is 3.46. The van der Waals surface area contributed by atoms with Gasteiger partial charge in [-0.1, -0.05) is 0 Å². The number of aliphatic hydroxyl groups excluding tert-OH is 1. The van der Waals surface area contributed by atoms with Gasteiger partial charge in [-0.2, -0.15) is 5.10 Å². The molecule has 8 heteroatoms. The number of aryl methyl sites for hydroxylation is 1. The summed E-state index contributed by atoms with van der Waals surface area (Å²) >= 11 is 0. The lowest BCUT2D eigenvalue weighted by molar-refractivity contribution is 0.170. The molecule has 0 aliphatic carbocycles. The van der Waals surface area contributed by atoms with Gasteiger partial charge in [0.1, 0.15) is 22.4 Å². The second kappa shape index (κ2) is 7.32. The van der Waals surface area contributed by atoms with Crippen molar-refractivity contribution in [1.82, 2.24) is 24.7 Å². The number of hydrogen-bond donors (Lipinski definition) is 2. The molecule has 4 rings (SSSR count). The molecule has 4 aromatic heterocycles. The molecule has 2 N–H and O–H groups in total. The fraction of sp³-hybridized carbons (Fsp3) is 0.200. The molecule has 0 aromatic carbocycles. The number of nitrogens with one attached hydrogen (secondary N) is 1. The Kier molecular flexibility index (Phi) is 4.70. The molecular formula is C20H19FN6O. The normalized spacial score (nSPS) is 12.3. The van der Waals surface area contributed by atoms with Crippen LogP contribution in [0.3, 0.4) is 0 Å². The molecule has 0 radical (unpaired) electrons. The third kappa shape index (κ3) is 3.41. The van der Waals surface area contributed by atoms with Gasteiger partial charge in [-0.3, -0.25) is 14.6 Å². The van der Waals surface area contributed by atoms with Crippen LogP contribution < -0.4 is 5.32 Å². The number of anilines is 2. The molecule has 1 atom stereocenters. The quantitative estimate of drug-likeness (QED) is 0.553. The SMILES string of the molecule is Cc1ccc(F)c(-c2ncccc2Nc2ccnc3cnn(C[C@@H](C)O)c23)n1.